The summed E-state index contributed by atoms with van der Waals surface area (Å²) in [7, 11) is 0.750. The van der Waals surface area contributed by atoms with Gasteiger partial charge in [0.15, 0.2) is 0 Å². The SMILES string of the molecule is CC1=[C-]C(C)C(C)=C1C.CCC(C)[NH-].C[SiH]C.[Cl-].[Cl-].[Ti+4]. The van der Waals surface area contributed by atoms with Crippen molar-refractivity contribution in [3.63, 3.8) is 0 Å². The molecule has 1 radical (unpaired) electrons. The van der Waals surface area contributed by atoms with Gasteiger partial charge in [-0.25, -0.2) is 5.57 Å². The van der Waals surface area contributed by atoms with Gasteiger partial charge in [0.1, 0.15) is 0 Å². The molecule has 0 aromatic rings. The average Bonchev–Trinajstić information content (AvgIpc) is 2.48. The maximum Gasteiger partial charge on any atom is 4.00 e. The van der Waals surface area contributed by atoms with Gasteiger partial charge in [0.2, 0.25) is 0 Å². The van der Waals surface area contributed by atoms with Crippen molar-refractivity contribution in [2.45, 2.75) is 67.1 Å². The molecule has 0 amide bonds. The molecule has 1 N–H and O–H groups in total. The predicted molar refractivity (Wildman–Crippen MR) is 82.9 cm³/mol. The fourth-order valence-electron chi connectivity index (χ4n) is 1.16. The van der Waals surface area contributed by atoms with Crippen LogP contribution in [0.25, 0.3) is 5.73 Å². The normalized spacial score (nSPS) is 16.9. The van der Waals surface area contributed by atoms with Crippen molar-refractivity contribution in [1.82, 2.24) is 0 Å². The van der Waals surface area contributed by atoms with Gasteiger partial charge >= 0.3 is 21.7 Å². The minimum Gasteiger partial charge on any atom is -1.00 e. The molecule has 0 aromatic heterocycles. The van der Waals surface area contributed by atoms with Crippen molar-refractivity contribution in [2.75, 3.05) is 0 Å². The van der Waals surface area contributed by atoms with Gasteiger partial charge in [-0.2, -0.15) is 11.1 Å². The number of allylic oxidation sites excluding steroid dienone is 4. The van der Waals surface area contributed by atoms with Gasteiger partial charge in [0.05, 0.1) is 0 Å². The zero-order valence-electron chi connectivity index (χ0n) is 14.2. The van der Waals surface area contributed by atoms with Gasteiger partial charge in [-0.1, -0.05) is 60.1 Å². The van der Waals surface area contributed by atoms with E-state index in [1.807, 2.05) is 13.8 Å². The van der Waals surface area contributed by atoms with E-state index < -0.39 is 0 Å². The average molecular weight is 371 g/mol. The smallest absolute Gasteiger partial charge is 1.00 e. The molecule has 0 aromatic carbocycles. The first kappa shape index (κ1) is 32.8. The predicted octanol–water partition coefficient (Wildman–Crippen LogP) is -0.916. The van der Waals surface area contributed by atoms with E-state index in [0.717, 1.165) is 15.9 Å². The summed E-state index contributed by atoms with van der Waals surface area (Å²) in [6.45, 7) is 17.0. The van der Waals surface area contributed by atoms with Crippen molar-refractivity contribution in [3.05, 3.63) is 28.5 Å². The third kappa shape index (κ3) is 17.0. The van der Waals surface area contributed by atoms with Gasteiger partial charge in [0, 0.05) is 9.52 Å². The second kappa shape index (κ2) is 20.0. The van der Waals surface area contributed by atoms with E-state index in [1.165, 1.54) is 16.7 Å². The van der Waals surface area contributed by atoms with Crippen LogP contribution in [0, 0.1) is 12.0 Å². The Bertz CT molecular complexity index is 267. The van der Waals surface area contributed by atoms with E-state index in [1.54, 1.807) is 0 Å². The van der Waals surface area contributed by atoms with Crippen LogP contribution in [0.3, 0.4) is 0 Å². The molecule has 0 heterocycles. The topological polar surface area (TPSA) is 23.8 Å². The number of hydrogen-bond acceptors (Lipinski definition) is 0. The Morgan fingerprint density at radius 1 is 1.20 bits per heavy atom. The molecule has 1 aliphatic carbocycles. The molecule has 5 heteroatoms. The largest absolute Gasteiger partial charge is 4.00 e. The molecule has 1 rings (SSSR count). The van der Waals surface area contributed by atoms with Crippen LogP contribution in [0.5, 0.6) is 0 Å². The summed E-state index contributed by atoms with van der Waals surface area (Å²) >= 11 is 0. The molecule has 1 aliphatic rings. The molecule has 1 nitrogen and oxygen atoms in total. The van der Waals surface area contributed by atoms with Crippen molar-refractivity contribution in [2.24, 2.45) is 5.92 Å². The van der Waals surface area contributed by atoms with Crippen molar-refractivity contribution in [3.8, 4) is 0 Å². The molecule has 0 aliphatic heterocycles. The number of hydrogen-bond donors (Lipinski definition) is 0. The summed E-state index contributed by atoms with van der Waals surface area (Å²) in [5.74, 6) is 0.560. The van der Waals surface area contributed by atoms with Crippen LogP contribution >= 0.6 is 0 Å². The first-order valence-corrected chi connectivity index (χ1v) is 8.85. The minimum absolute atomic E-state index is 0. The number of rotatable bonds is 1. The third-order valence-electron chi connectivity index (χ3n) is 2.85. The van der Waals surface area contributed by atoms with E-state index in [9.17, 15) is 0 Å². The molecule has 0 spiro atoms. The summed E-state index contributed by atoms with van der Waals surface area (Å²) < 4.78 is 0. The molecule has 0 saturated carbocycles. The Kier molecular flexibility index (Phi) is 32.7. The quantitative estimate of drug-likeness (QED) is 0.421. The Labute approximate surface area is 157 Å². The third-order valence-corrected chi connectivity index (χ3v) is 2.85. The summed E-state index contributed by atoms with van der Waals surface area (Å²) in [6.07, 6.45) is 4.33. The fourth-order valence-corrected chi connectivity index (χ4v) is 1.16. The van der Waals surface area contributed by atoms with Crippen LogP contribution in [0.15, 0.2) is 16.7 Å². The Morgan fingerprint density at radius 3 is 1.55 bits per heavy atom. The molecule has 117 valence electrons. The number of halogens is 2. The first-order valence-electron chi connectivity index (χ1n) is 6.54. The maximum absolute atomic E-state index is 6.83. The second-order valence-electron chi connectivity index (χ2n) is 4.69. The Balaban J connectivity index is -0.0000000601. The van der Waals surface area contributed by atoms with E-state index in [0.29, 0.717) is 5.92 Å². The van der Waals surface area contributed by atoms with Gasteiger partial charge in [-0.05, 0) is 0 Å². The summed E-state index contributed by atoms with van der Waals surface area (Å²) in [4.78, 5) is 0. The summed E-state index contributed by atoms with van der Waals surface area (Å²) in [5.41, 5.74) is 11.1. The Hall–Kier alpha value is 0.951. The van der Waals surface area contributed by atoms with Crippen LogP contribution in [-0.2, 0) is 21.7 Å². The molecule has 0 fully saturated rings. The summed E-state index contributed by atoms with van der Waals surface area (Å²) in [6, 6.07) is 0.134. The van der Waals surface area contributed by atoms with E-state index in [-0.39, 0.29) is 52.6 Å². The van der Waals surface area contributed by atoms with Gasteiger partial charge in [0.25, 0.3) is 0 Å². The van der Waals surface area contributed by atoms with Crippen LogP contribution in [0.2, 0.25) is 13.1 Å². The van der Waals surface area contributed by atoms with E-state index in [4.69, 9.17) is 5.73 Å². The second-order valence-corrected chi connectivity index (χ2v) is 5.84. The molecule has 0 saturated heterocycles. The molecule has 2 atom stereocenters. The minimum atomic E-state index is 0. The van der Waals surface area contributed by atoms with Crippen LogP contribution in [0.1, 0.15) is 48.0 Å². The van der Waals surface area contributed by atoms with E-state index >= 15 is 0 Å². The molecule has 2 unspecified atom stereocenters. The van der Waals surface area contributed by atoms with Crippen molar-refractivity contribution >= 4 is 9.52 Å². The van der Waals surface area contributed by atoms with Gasteiger partial charge in [-0.15, -0.1) is 13.0 Å². The van der Waals surface area contributed by atoms with Crippen molar-refractivity contribution < 1.29 is 46.5 Å². The maximum atomic E-state index is 6.83. The molecular formula is C15H30Cl2NSiTi. The van der Waals surface area contributed by atoms with Gasteiger partial charge < -0.3 is 30.5 Å². The van der Waals surface area contributed by atoms with Crippen molar-refractivity contribution in [1.29, 1.82) is 0 Å². The zero-order valence-corrected chi connectivity index (χ0v) is 18.4. The van der Waals surface area contributed by atoms with Crippen LogP contribution in [-0.4, -0.2) is 15.6 Å². The van der Waals surface area contributed by atoms with Gasteiger partial charge in [-0.3, -0.25) is 6.08 Å². The summed E-state index contributed by atoms with van der Waals surface area (Å²) in [5, 5.41) is 0. The van der Waals surface area contributed by atoms with E-state index in [2.05, 4.69) is 46.9 Å². The molecule has 0 bridgehead atoms. The number of nitrogens with one attached hydrogen (secondary N) is 1. The van der Waals surface area contributed by atoms with Crippen LogP contribution < -0.4 is 24.8 Å². The zero-order chi connectivity index (χ0) is 14.0. The first-order chi connectivity index (χ1) is 7.81. The molecular weight excluding hydrogens is 341 g/mol. The van der Waals surface area contributed by atoms with Crippen LogP contribution in [0.4, 0.5) is 0 Å². The Morgan fingerprint density at radius 2 is 1.50 bits per heavy atom. The monoisotopic (exact) mass is 370 g/mol. The molecule has 20 heavy (non-hydrogen) atoms. The fraction of sp³-hybridized carbons (Fsp3) is 0.733. The standard InChI is InChI=1S/C9H13.C4H10N.C2H7Si.2ClH.Ti/c1-6-5-7(2)9(4)8(6)3;1-3-4(2)5;1-3-2;;;/h6H,1-4H3;4-5H,3H2,1-2H3;3H,1-2H3;2*1H;/q2*-1;;;;+4/p-2.